The van der Waals surface area contributed by atoms with Gasteiger partial charge in [0.1, 0.15) is 0 Å². The topological polar surface area (TPSA) is 59.2 Å². The molecule has 1 amide bonds. The van der Waals surface area contributed by atoms with Gasteiger partial charge in [0.2, 0.25) is 0 Å². The molecule has 3 rings (SSSR count). The van der Waals surface area contributed by atoms with Crippen molar-refractivity contribution in [3.8, 4) is 0 Å². The molecule has 0 bridgehead atoms. The van der Waals surface area contributed by atoms with Crippen LogP contribution in [0.3, 0.4) is 0 Å². The van der Waals surface area contributed by atoms with Gasteiger partial charge in [-0.2, -0.15) is 0 Å². The molecule has 2 aromatic rings. The average molecular weight is 348 g/mol. The van der Waals surface area contributed by atoms with Crippen molar-refractivity contribution in [3.05, 3.63) is 29.3 Å². The number of benzene rings is 1. The van der Waals surface area contributed by atoms with Crippen molar-refractivity contribution in [2.75, 3.05) is 13.1 Å². The third-order valence-corrected chi connectivity index (χ3v) is 4.53. The lowest BCUT2D eigenvalue weighted by atomic mass is 10.0. The van der Waals surface area contributed by atoms with E-state index in [1.165, 1.54) is 6.42 Å². The molecule has 1 atom stereocenters. The van der Waals surface area contributed by atoms with Crippen LogP contribution in [0.2, 0.25) is 0 Å². The maximum Gasteiger partial charge on any atom is 0.254 e. The Morgan fingerprint density at radius 1 is 1.38 bits per heavy atom. The molecule has 116 valence electrons. The van der Waals surface area contributed by atoms with Crippen LogP contribution in [0.25, 0.3) is 10.2 Å². The van der Waals surface area contributed by atoms with Gasteiger partial charge in [-0.15, -0.1) is 36.2 Å². The minimum atomic E-state index is 0. The van der Waals surface area contributed by atoms with E-state index in [0.29, 0.717) is 6.54 Å². The summed E-state index contributed by atoms with van der Waals surface area (Å²) in [6.07, 6.45) is 3.26. The van der Waals surface area contributed by atoms with E-state index >= 15 is 0 Å². The number of halogens is 2. The van der Waals surface area contributed by atoms with Crippen molar-refractivity contribution in [1.82, 2.24) is 9.88 Å². The minimum absolute atomic E-state index is 0. The highest BCUT2D eigenvalue weighted by Gasteiger charge is 2.26. The van der Waals surface area contributed by atoms with E-state index < -0.39 is 0 Å². The summed E-state index contributed by atoms with van der Waals surface area (Å²) >= 11 is 1.57. The Hall–Kier alpha value is -0.880. The number of amides is 1. The van der Waals surface area contributed by atoms with Crippen LogP contribution >= 0.6 is 36.2 Å². The molecule has 1 aromatic heterocycles. The van der Waals surface area contributed by atoms with Gasteiger partial charge in [-0.1, -0.05) is 0 Å². The average Bonchev–Trinajstić information content (AvgIpc) is 2.93. The normalized spacial score (nSPS) is 18.0. The molecule has 1 aliphatic heterocycles. The Balaban J connectivity index is 0.00000110. The summed E-state index contributed by atoms with van der Waals surface area (Å²) in [4.78, 5) is 18.8. The number of fused-ring (bicyclic) bond motifs is 1. The molecule has 0 radical (unpaired) electrons. The van der Waals surface area contributed by atoms with E-state index in [1.807, 2.05) is 28.6 Å². The molecule has 2 heterocycles. The molecule has 1 saturated heterocycles. The van der Waals surface area contributed by atoms with Gasteiger partial charge >= 0.3 is 0 Å². The summed E-state index contributed by atoms with van der Waals surface area (Å²) in [5.41, 5.74) is 9.29. The van der Waals surface area contributed by atoms with Crippen LogP contribution in [0, 0.1) is 0 Å². The fourth-order valence-corrected chi connectivity index (χ4v) is 3.38. The lowest BCUT2D eigenvalue weighted by Gasteiger charge is -2.35. The van der Waals surface area contributed by atoms with E-state index in [9.17, 15) is 4.79 Å². The lowest BCUT2D eigenvalue weighted by molar-refractivity contribution is 0.0623. The smallest absolute Gasteiger partial charge is 0.254 e. The van der Waals surface area contributed by atoms with Crippen LogP contribution in [0.4, 0.5) is 0 Å². The van der Waals surface area contributed by atoms with E-state index in [0.717, 1.165) is 35.2 Å². The Kier molecular flexibility index (Phi) is 6.87. The van der Waals surface area contributed by atoms with Gasteiger partial charge in [-0.3, -0.25) is 4.79 Å². The van der Waals surface area contributed by atoms with Gasteiger partial charge < -0.3 is 10.6 Å². The van der Waals surface area contributed by atoms with Crippen molar-refractivity contribution in [3.63, 3.8) is 0 Å². The number of nitrogens with two attached hydrogens (primary N) is 1. The van der Waals surface area contributed by atoms with Gasteiger partial charge in [0.25, 0.3) is 5.91 Å². The number of piperidine rings is 1. The number of carbonyl (C=O) groups is 1. The zero-order valence-corrected chi connectivity index (χ0v) is 14.0. The Morgan fingerprint density at radius 3 is 2.95 bits per heavy atom. The number of hydrogen-bond acceptors (Lipinski definition) is 4. The standard InChI is InChI=1S/C14H17N3OS.2ClH/c15-8-11-3-1-2-6-17(11)14(18)10-4-5-12-13(7-10)19-9-16-12;;/h4-5,7,9,11H,1-3,6,8,15H2;2*1H. The summed E-state index contributed by atoms with van der Waals surface area (Å²) in [5, 5.41) is 0. The number of hydrogen-bond donors (Lipinski definition) is 1. The number of likely N-dealkylation sites (tertiary alicyclic amines) is 1. The van der Waals surface area contributed by atoms with E-state index in [1.54, 1.807) is 11.3 Å². The van der Waals surface area contributed by atoms with Crippen LogP contribution in [0.15, 0.2) is 23.7 Å². The molecule has 4 nitrogen and oxygen atoms in total. The Labute approximate surface area is 140 Å². The quantitative estimate of drug-likeness (QED) is 0.907. The second-order valence-corrected chi connectivity index (χ2v) is 5.81. The van der Waals surface area contributed by atoms with Gasteiger partial charge in [0.05, 0.1) is 15.7 Å². The predicted molar refractivity (Wildman–Crippen MR) is 91.8 cm³/mol. The largest absolute Gasteiger partial charge is 0.334 e. The van der Waals surface area contributed by atoms with Crippen LogP contribution in [0.5, 0.6) is 0 Å². The number of carbonyl (C=O) groups excluding carboxylic acids is 1. The zero-order chi connectivity index (χ0) is 13.2. The lowest BCUT2D eigenvalue weighted by Crippen LogP contribution is -2.47. The second kappa shape index (κ2) is 7.94. The van der Waals surface area contributed by atoms with Gasteiger partial charge in [-0.25, -0.2) is 4.98 Å². The molecule has 21 heavy (non-hydrogen) atoms. The van der Waals surface area contributed by atoms with Crippen LogP contribution in [-0.4, -0.2) is 34.9 Å². The minimum Gasteiger partial charge on any atom is -0.334 e. The Morgan fingerprint density at radius 2 is 2.19 bits per heavy atom. The fourth-order valence-electron chi connectivity index (χ4n) is 2.67. The molecule has 0 saturated carbocycles. The summed E-state index contributed by atoms with van der Waals surface area (Å²) in [7, 11) is 0. The van der Waals surface area contributed by atoms with Crippen LogP contribution in [0.1, 0.15) is 29.6 Å². The molecule has 1 aromatic carbocycles. The second-order valence-electron chi connectivity index (χ2n) is 4.92. The number of nitrogens with zero attached hydrogens (tertiary/aromatic N) is 2. The molecule has 1 aliphatic rings. The zero-order valence-electron chi connectivity index (χ0n) is 11.5. The van der Waals surface area contributed by atoms with Crippen molar-refractivity contribution >= 4 is 52.3 Å². The van der Waals surface area contributed by atoms with Gasteiger partial charge in [0, 0.05) is 24.7 Å². The first-order valence-corrected chi connectivity index (χ1v) is 7.52. The highest BCUT2D eigenvalue weighted by atomic mass is 35.5. The fraction of sp³-hybridized carbons (Fsp3) is 0.429. The van der Waals surface area contributed by atoms with Crippen molar-refractivity contribution in [2.24, 2.45) is 5.73 Å². The summed E-state index contributed by atoms with van der Waals surface area (Å²) in [6, 6.07) is 5.92. The SMILES string of the molecule is Cl.Cl.NCC1CCCCN1C(=O)c1ccc2ncsc2c1. The van der Waals surface area contributed by atoms with E-state index in [-0.39, 0.29) is 36.8 Å². The number of rotatable bonds is 2. The van der Waals surface area contributed by atoms with Gasteiger partial charge in [-0.05, 0) is 37.5 Å². The maximum atomic E-state index is 12.6. The molecule has 2 N–H and O–H groups in total. The third kappa shape index (κ3) is 3.66. The molecule has 1 fully saturated rings. The van der Waals surface area contributed by atoms with E-state index in [2.05, 4.69) is 4.98 Å². The highest BCUT2D eigenvalue weighted by molar-refractivity contribution is 7.16. The predicted octanol–water partition coefficient (Wildman–Crippen LogP) is 3.09. The van der Waals surface area contributed by atoms with Crippen molar-refractivity contribution < 1.29 is 4.79 Å². The summed E-state index contributed by atoms with van der Waals surface area (Å²) < 4.78 is 1.06. The summed E-state index contributed by atoms with van der Waals surface area (Å²) in [5.74, 6) is 0.102. The highest BCUT2D eigenvalue weighted by Crippen LogP contribution is 2.23. The van der Waals surface area contributed by atoms with E-state index in [4.69, 9.17) is 5.73 Å². The Bertz CT molecular complexity index is 605. The van der Waals surface area contributed by atoms with Crippen LogP contribution < -0.4 is 5.73 Å². The monoisotopic (exact) mass is 347 g/mol. The van der Waals surface area contributed by atoms with Crippen LogP contribution in [-0.2, 0) is 0 Å². The first-order valence-electron chi connectivity index (χ1n) is 6.64. The third-order valence-electron chi connectivity index (χ3n) is 3.74. The number of aromatic nitrogens is 1. The first-order chi connectivity index (χ1) is 9.29. The van der Waals surface area contributed by atoms with Crippen molar-refractivity contribution in [1.29, 1.82) is 0 Å². The summed E-state index contributed by atoms with van der Waals surface area (Å²) in [6.45, 7) is 1.37. The molecule has 0 spiro atoms. The molecular formula is C14H19Cl2N3OS. The maximum absolute atomic E-state index is 12.6. The van der Waals surface area contributed by atoms with Gasteiger partial charge in [0.15, 0.2) is 0 Å². The molecular weight excluding hydrogens is 329 g/mol. The molecule has 1 unspecified atom stereocenters. The first kappa shape index (κ1) is 18.2. The molecule has 7 heteroatoms. The van der Waals surface area contributed by atoms with Crippen molar-refractivity contribution in [2.45, 2.75) is 25.3 Å². The number of thiazole rings is 1. The molecule has 0 aliphatic carbocycles.